The van der Waals surface area contributed by atoms with Crippen LogP contribution in [-0.4, -0.2) is 35.7 Å². The predicted molar refractivity (Wildman–Crippen MR) is 68.5 cm³/mol. The van der Waals surface area contributed by atoms with E-state index in [0.29, 0.717) is 5.25 Å². The van der Waals surface area contributed by atoms with E-state index in [9.17, 15) is 8.42 Å². The number of nitrogens with zero attached hydrogens (tertiary/aromatic N) is 1. The lowest BCUT2D eigenvalue weighted by molar-refractivity contribution is 0.552. The van der Waals surface area contributed by atoms with E-state index in [-0.39, 0.29) is 10.9 Å². The lowest BCUT2D eigenvalue weighted by atomic mass is 10.3. The zero-order valence-electron chi connectivity index (χ0n) is 9.72. The third-order valence-corrected chi connectivity index (χ3v) is 5.61. The third kappa shape index (κ3) is 3.23. The Morgan fingerprint density at radius 1 is 1.59 bits per heavy atom. The number of rotatable bonds is 5. The first kappa shape index (κ1) is 12.9. The van der Waals surface area contributed by atoms with Gasteiger partial charge in [-0.15, -0.1) is 0 Å². The fourth-order valence-corrected chi connectivity index (χ4v) is 4.44. The van der Waals surface area contributed by atoms with E-state index in [1.165, 1.54) is 12.4 Å². The largest absolute Gasteiger partial charge is 0.284 e. The van der Waals surface area contributed by atoms with Gasteiger partial charge in [0.2, 0.25) is 10.0 Å². The molecule has 2 N–H and O–H groups in total. The minimum atomic E-state index is -3.39. The Morgan fingerprint density at radius 2 is 2.41 bits per heavy atom. The van der Waals surface area contributed by atoms with Crippen LogP contribution in [0.1, 0.15) is 26.2 Å². The monoisotopic (exact) mass is 275 g/mol. The number of thioether (sulfide) groups is 1. The molecule has 1 aromatic heterocycles. The maximum Gasteiger partial charge on any atom is 0.243 e. The normalized spacial score (nSPS) is 25.2. The third-order valence-electron chi connectivity index (χ3n) is 2.89. The van der Waals surface area contributed by atoms with Gasteiger partial charge in [0.05, 0.1) is 6.20 Å². The van der Waals surface area contributed by atoms with Crippen molar-refractivity contribution in [2.75, 3.05) is 5.75 Å². The van der Waals surface area contributed by atoms with Gasteiger partial charge in [-0.05, 0) is 25.0 Å². The molecule has 0 aliphatic heterocycles. The molecular weight excluding hydrogens is 258 g/mol. The molecule has 1 aromatic rings. The summed E-state index contributed by atoms with van der Waals surface area (Å²) >= 11 is 1.91. The molecule has 1 fully saturated rings. The van der Waals surface area contributed by atoms with E-state index in [0.717, 1.165) is 25.0 Å². The summed E-state index contributed by atoms with van der Waals surface area (Å²) in [5, 5.41) is 6.77. The zero-order valence-corrected chi connectivity index (χ0v) is 11.4. The summed E-state index contributed by atoms with van der Waals surface area (Å²) < 4.78 is 26.6. The summed E-state index contributed by atoms with van der Waals surface area (Å²) in [4.78, 5) is 0.212. The van der Waals surface area contributed by atoms with Crippen molar-refractivity contribution in [1.82, 2.24) is 14.9 Å². The van der Waals surface area contributed by atoms with Gasteiger partial charge in [-0.3, -0.25) is 5.10 Å². The minimum Gasteiger partial charge on any atom is -0.284 e. The Kier molecular flexibility index (Phi) is 4.11. The minimum absolute atomic E-state index is 0.0685. The molecule has 7 heteroatoms. The van der Waals surface area contributed by atoms with Gasteiger partial charge < -0.3 is 0 Å². The number of aromatic amines is 1. The van der Waals surface area contributed by atoms with Crippen LogP contribution in [0.2, 0.25) is 0 Å². The van der Waals surface area contributed by atoms with Crippen LogP contribution in [0.15, 0.2) is 17.3 Å². The number of hydrogen-bond acceptors (Lipinski definition) is 4. The van der Waals surface area contributed by atoms with Gasteiger partial charge in [-0.2, -0.15) is 16.9 Å². The van der Waals surface area contributed by atoms with E-state index < -0.39 is 10.0 Å². The highest BCUT2D eigenvalue weighted by Crippen LogP contribution is 2.30. The van der Waals surface area contributed by atoms with E-state index in [4.69, 9.17) is 0 Å². The Morgan fingerprint density at radius 3 is 3.06 bits per heavy atom. The first-order valence-corrected chi connectivity index (χ1v) is 8.27. The highest BCUT2D eigenvalue weighted by Gasteiger charge is 2.28. The first-order chi connectivity index (χ1) is 8.12. The van der Waals surface area contributed by atoms with Crippen LogP contribution in [0.4, 0.5) is 0 Å². The quantitative estimate of drug-likeness (QED) is 0.851. The van der Waals surface area contributed by atoms with Gasteiger partial charge in [-0.1, -0.05) is 6.92 Å². The van der Waals surface area contributed by atoms with Crippen LogP contribution >= 0.6 is 11.8 Å². The second-order valence-corrected chi connectivity index (χ2v) is 7.43. The molecule has 1 saturated carbocycles. The van der Waals surface area contributed by atoms with Crippen LogP contribution in [-0.2, 0) is 10.0 Å². The van der Waals surface area contributed by atoms with Gasteiger partial charge in [0, 0.05) is 17.5 Å². The Labute approximate surface area is 106 Å². The fourth-order valence-electron chi connectivity index (χ4n) is 2.11. The summed E-state index contributed by atoms with van der Waals surface area (Å²) in [6, 6.07) is 0.0685. The molecule has 0 spiro atoms. The van der Waals surface area contributed by atoms with Crippen molar-refractivity contribution in [2.45, 2.75) is 42.4 Å². The molecule has 2 rings (SSSR count). The van der Waals surface area contributed by atoms with Crippen LogP contribution in [0, 0.1) is 0 Å². The predicted octanol–water partition coefficient (Wildman–Crippen LogP) is 1.36. The van der Waals surface area contributed by atoms with Crippen molar-refractivity contribution >= 4 is 21.8 Å². The maximum absolute atomic E-state index is 11.9. The molecule has 0 radical (unpaired) electrons. The van der Waals surface area contributed by atoms with Crippen molar-refractivity contribution in [1.29, 1.82) is 0 Å². The molecule has 2 atom stereocenters. The maximum atomic E-state index is 11.9. The Bertz CT molecular complexity index is 444. The molecule has 1 aliphatic carbocycles. The average molecular weight is 275 g/mol. The molecule has 1 heterocycles. The highest BCUT2D eigenvalue weighted by atomic mass is 32.2. The van der Waals surface area contributed by atoms with Crippen molar-refractivity contribution in [2.24, 2.45) is 0 Å². The molecule has 17 heavy (non-hydrogen) atoms. The van der Waals surface area contributed by atoms with Crippen molar-refractivity contribution in [3.05, 3.63) is 12.4 Å². The van der Waals surface area contributed by atoms with E-state index in [1.54, 1.807) is 0 Å². The molecule has 0 bridgehead atoms. The van der Waals surface area contributed by atoms with Crippen LogP contribution in [0.3, 0.4) is 0 Å². The van der Waals surface area contributed by atoms with Gasteiger partial charge >= 0.3 is 0 Å². The summed E-state index contributed by atoms with van der Waals surface area (Å²) in [5.74, 6) is 1.09. The van der Waals surface area contributed by atoms with Crippen molar-refractivity contribution in [3.8, 4) is 0 Å². The second kappa shape index (κ2) is 5.41. The lowest BCUT2D eigenvalue weighted by Crippen LogP contribution is -2.32. The smallest absolute Gasteiger partial charge is 0.243 e. The number of H-pyrrole nitrogens is 1. The lowest BCUT2D eigenvalue weighted by Gasteiger charge is -2.12. The summed E-state index contributed by atoms with van der Waals surface area (Å²) in [6.45, 7) is 2.13. The number of nitrogens with one attached hydrogen (secondary N) is 2. The van der Waals surface area contributed by atoms with Gasteiger partial charge in [0.1, 0.15) is 4.90 Å². The summed E-state index contributed by atoms with van der Waals surface area (Å²) in [6.07, 6.45) is 5.67. The first-order valence-electron chi connectivity index (χ1n) is 5.74. The SMILES string of the molecule is CCSC1CCC(NS(=O)(=O)c2cn[nH]c2)C1. The molecule has 2 unspecified atom stereocenters. The number of hydrogen-bond donors (Lipinski definition) is 2. The van der Waals surface area contributed by atoms with Gasteiger partial charge in [0.15, 0.2) is 0 Å². The van der Waals surface area contributed by atoms with Crippen LogP contribution in [0.25, 0.3) is 0 Å². The highest BCUT2D eigenvalue weighted by molar-refractivity contribution is 7.99. The topological polar surface area (TPSA) is 74.8 Å². The van der Waals surface area contributed by atoms with E-state index in [1.807, 2.05) is 11.8 Å². The molecule has 0 saturated heterocycles. The molecular formula is C10H17N3O2S2. The molecule has 96 valence electrons. The van der Waals surface area contributed by atoms with Gasteiger partial charge in [-0.25, -0.2) is 13.1 Å². The molecule has 1 aliphatic rings. The standard InChI is InChI=1S/C10H17N3O2S2/c1-2-16-9-4-3-8(5-9)13-17(14,15)10-6-11-12-7-10/h6-9,13H,2-5H2,1H3,(H,11,12). The van der Waals surface area contributed by atoms with E-state index in [2.05, 4.69) is 21.8 Å². The van der Waals surface area contributed by atoms with Crippen molar-refractivity contribution in [3.63, 3.8) is 0 Å². The number of aromatic nitrogens is 2. The Balaban J connectivity index is 1.94. The Hall–Kier alpha value is -0.530. The van der Waals surface area contributed by atoms with Gasteiger partial charge in [0.25, 0.3) is 0 Å². The van der Waals surface area contributed by atoms with Crippen molar-refractivity contribution < 1.29 is 8.42 Å². The van der Waals surface area contributed by atoms with E-state index >= 15 is 0 Å². The molecule has 5 nitrogen and oxygen atoms in total. The zero-order chi connectivity index (χ0) is 12.3. The second-order valence-electron chi connectivity index (χ2n) is 4.14. The molecule has 0 aromatic carbocycles. The molecule has 0 amide bonds. The summed E-state index contributed by atoms with van der Waals surface area (Å²) in [5.41, 5.74) is 0. The van der Waals surface area contributed by atoms with Crippen LogP contribution in [0.5, 0.6) is 0 Å². The average Bonchev–Trinajstić information content (AvgIpc) is 2.88. The number of sulfonamides is 1. The fraction of sp³-hybridized carbons (Fsp3) is 0.700. The van der Waals surface area contributed by atoms with Crippen LogP contribution < -0.4 is 4.72 Å². The summed E-state index contributed by atoms with van der Waals surface area (Å²) in [7, 11) is -3.39.